The maximum Gasteiger partial charge on any atom is 0.114 e. The fraction of sp³-hybridized carbons (Fsp3) is 1.00. The predicted octanol–water partition coefficient (Wildman–Crippen LogP) is 3.78. The number of halogens is 2. The van der Waals surface area contributed by atoms with Crippen LogP contribution in [0.25, 0.3) is 0 Å². The lowest BCUT2D eigenvalue weighted by Crippen LogP contribution is -2.07. The van der Waals surface area contributed by atoms with Crippen molar-refractivity contribution in [2.75, 3.05) is 5.88 Å². The molecule has 0 heterocycles. The fourth-order valence-electron chi connectivity index (χ4n) is 0.931. The van der Waals surface area contributed by atoms with Crippen LogP contribution in [0.3, 0.4) is 0 Å². The molecule has 0 aromatic carbocycles. The molecule has 0 amide bonds. The number of alkyl halides is 2. The summed E-state index contributed by atoms with van der Waals surface area (Å²) in [6, 6.07) is 0. The molecule has 0 rings (SSSR count). The topological polar surface area (TPSA) is 0 Å². The van der Waals surface area contributed by atoms with Gasteiger partial charge < -0.3 is 0 Å². The Morgan fingerprint density at radius 2 is 1.91 bits per heavy atom. The maximum atomic E-state index is 12.6. The third kappa shape index (κ3) is 8.12. The van der Waals surface area contributed by atoms with Crippen LogP contribution in [0, 0.1) is 5.41 Å². The molecule has 0 aromatic heterocycles. The largest absolute Gasteiger partial charge is 0.246 e. The van der Waals surface area contributed by atoms with Gasteiger partial charge in [-0.05, 0) is 24.7 Å². The van der Waals surface area contributed by atoms with Gasteiger partial charge >= 0.3 is 0 Å². The van der Waals surface area contributed by atoms with Crippen molar-refractivity contribution in [3.05, 3.63) is 0 Å². The second kappa shape index (κ2) is 4.97. The number of rotatable bonds is 4. The number of hydrogen-bond acceptors (Lipinski definition) is 0. The van der Waals surface area contributed by atoms with E-state index in [9.17, 15) is 4.39 Å². The molecule has 0 aliphatic carbocycles. The lowest BCUT2D eigenvalue weighted by Gasteiger charge is -2.17. The zero-order valence-corrected chi connectivity index (χ0v) is 8.42. The summed E-state index contributed by atoms with van der Waals surface area (Å²) in [5.74, 6) is 0.143. The Morgan fingerprint density at radius 3 is 2.27 bits per heavy atom. The molecule has 0 aromatic rings. The van der Waals surface area contributed by atoms with E-state index >= 15 is 0 Å². The van der Waals surface area contributed by atoms with Crippen LogP contribution in [0.2, 0.25) is 0 Å². The molecule has 0 radical (unpaired) electrons. The Labute approximate surface area is 74.1 Å². The van der Waals surface area contributed by atoms with E-state index in [2.05, 4.69) is 20.8 Å². The monoisotopic (exact) mass is 180 g/mol. The molecule has 0 fully saturated rings. The zero-order valence-electron chi connectivity index (χ0n) is 7.66. The standard InChI is InChI=1S/C9H18ClF/c1-9(2,3)6-4-5-8(11)7-10/h8H,4-7H2,1-3H3. The van der Waals surface area contributed by atoms with Crippen molar-refractivity contribution in [2.24, 2.45) is 5.41 Å². The Balaban J connectivity index is 3.28. The molecule has 2 heteroatoms. The summed E-state index contributed by atoms with van der Waals surface area (Å²) < 4.78 is 12.6. The van der Waals surface area contributed by atoms with E-state index in [0.717, 1.165) is 12.8 Å². The molecule has 11 heavy (non-hydrogen) atoms. The van der Waals surface area contributed by atoms with Crippen LogP contribution in [-0.2, 0) is 0 Å². The van der Waals surface area contributed by atoms with Gasteiger partial charge in [0.1, 0.15) is 6.17 Å². The maximum absolute atomic E-state index is 12.6. The van der Waals surface area contributed by atoms with Crippen LogP contribution in [-0.4, -0.2) is 12.1 Å². The highest BCUT2D eigenvalue weighted by Crippen LogP contribution is 2.22. The van der Waals surface area contributed by atoms with Crippen molar-refractivity contribution in [3.8, 4) is 0 Å². The highest BCUT2D eigenvalue weighted by atomic mass is 35.5. The molecule has 0 aliphatic heterocycles. The van der Waals surface area contributed by atoms with E-state index in [0.29, 0.717) is 11.8 Å². The highest BCUT2D eigenvalue weighted by Gasteiger charge is 2.11. The third-order valence-corrected chi connectivity index (χ3v) is 1.95. The minimum absolute atomic E-state index is 0.143. The molecule has 0 aliphatic rings. The lowest BCUT2D eigenvalue weighted by molar-refractivity contribution is 0.298. The minimum atomic E-state index is -0.806. The van der Waals surface area contributed by atoms with E-state index in [-0.39, 0.29) is 5.88 Å². The molecule has 0 saturated carbocycles. The van der Waals surface area contributed by atoms with Gasteiger partial charge in [-0.1, -0.05) is 20.8 Å². The van der Waals surface area contributed by atoms with Crippen LogP contribution >= 0.6 is 11.6 Å². The Bertz CT molecular complexity index is 96.2. The van der Waals surface area contributed by atoms with Crippen LogP contribution in [0.1, 0.15) is 40.0 Å². The molecule has 68 valence electrons. The van der Waals surface area contributed by atoms with Crippen LogP contribution in [0.4, 0.5) is 4.39 Å². The van der Waals surface area contributed by atoms with Gasteiger partial charge in [0.05, 0.1) is 5.88 Å². The normalized spacial score (nSPS) is 15.0. The van der Waals surface area contributed by atoms with E-state index in [1.165, 1.54) is 0 Å². The molecule has 0 saturated heterocycles. The summed E-state index contributed by atoms with van der Waals surface area (Å²) in [7, 11) is 0. The van der Waals surface area contributed by atoms with E-state index in [4.69, 9.17) is 11.6 Å². The molecule has 0 bridgehead atoms. The van der Waals surface area contributed by atoms with Gasteiger partial charge in [-0.2, -0.15) is 0 Å². The van der Waals surface area contributed by atoms with Crippen molar-refractivity contribution in [3.63, 3.8) is 0 Å². The van der Waals surface area contributed by atoms with E-state index in [1.807, 2.05) is 0 Å². The predicted molar refractivity (Wildman–Crippen MR) is 48.9 cm³/mol. The van der Waals surface area contributed by atoms with E-state index < -0.39 is 6.17 Å². The van der Waals surface area contributed by atoms with Crippen LogP contribution in [0.5, 0.6) is 0 Å². The first-order valence-electron chi connectivity index (χ1n) is 4.16. The summed E-state index contributed by atoms with van der Waals surface area (Å²) in [6.45, 7) is 6.50. The Kier molecular flexibility index (Phi) is 5.07. The first kappa shape index (κ1) is 11.2. The van der Waals surface area contributed by atoms with Gasteiger partial charge in [-0.25, -0.2) is 4.39 Å². The van der Waals surface area contributed by atoms with Crippen molar-refractivity contribution < 1.29 is 4.39 Å². The SMILES string of the molecule is CC(C)(C)CCCC(F)CCl. The number of hydrogen-bond donors (Lipinski definition) is 0. The molecule has 1 atom stereocenters. The minimum Gasteiger partial charge on any atom is -0.246 e. The van der Waals surface area contributed by atoms with Crippen molar-refractivity contribution in [1.29, 1.82) is 0 Å². The highest BCUT2D eigenvalue weighted by molar-refractivity contribution is 6.18. The summed E-state index contributed by atoms with van der Waals surface area (Å²) in [4.78, 5) is 0. The summed E-state index contributed by atoms with van der Waals surface area (Å²) in [6.07, 6.45) is 1.82. The Hall–Kier alpha value is 0.220. The van der Waals surface area contributed by atoms with Crippen molar-refractivity contribution in [1.82, 2.24) is 0 Å². The fourth-order valence-corrected chi connectivity index (χ4v) is 1.09. The molecule has 0 spiro atoms. The first-order chi connectivity index (χ1) is 4.95. The lowest BCUT2D eigenvalue weighted by atomic mass is 9.89. The third-order valence-electron chi connectivity index (χ3n) is 1.61. The van der Waals surface area contributed by atoms with Gasteiger partial charge in [0.15, 0.2) is 0 Å². The van der Waals surface area contributed by atoms with E-state index in [1.54, 1.807) is 0 Å². The molecule has 0 N–H and O–H groups in total. The molecular formula is C9H18ClF. The smallest absolute Gasteiger partial charge is 0.114 e. The molecular weight excluding hydrogens is 163 g/mol. The van der Waals surface area contributed by atoms with Gasteiger partial charge in [0.2, 0.25) is 0 Å². The zero-order chi connectivity index (χ0) is 8.91. The summed E-state index contributed by atoms with van der Waals surface area (Å²) >= 11 is 5.33. The molecule has 0 nitrogen and oxygen atoms in total. The van der Waals surface area contributed by atoms with Crippen LogP contribution in [0.15, 0.2) is 0 Å². The van der Waals surface area contributed by atoms with Crippen molar-refractivity contribution >= 4 is 11.6 Å². The van der Waals surface area contributed by atoms with Gasteiger partial charge in [0, 0.05) is 0 Å². The molecule has 1 unspecified atom stereocenters. The second-order valence-corrected chi connectivity index (χ2v) is 4.51. The van der Waals surface area contributed by atoms with Gasteiger partial charge in [-0.15, -0.1) is 11.6 Å². The second-order valence-electron chi connectivity index (χ2n) is 4.20. The van der Waals surface area contributed by atoms with Crippen molar-refractivity contribution in [2.45, 2.75) is 46.2 Å². The van der Waals surface area contributed by atoms with Crippen LogP contribution < -0.4 is 0 Å². The first-order valence-corrected chi connectivity index (χ1v) is 4.69. The summed E-state index contributed by atoms with van der Waals surface area (Å²) in [5.41, 5.74) is 0.325. The Morgan fingerprint density at radius 1 is 1.36 bits per heavy atom. The van der Waals surface area contributed by atoms with Gasteiger partial charge in [-0.3, -0.25) is 0 Å². The quantitative estimate of drug-likeness (QED) is 0.578. The average molecular weight is 181 g/mol. The average Bonchev–Trinajstić information content (AvgIpc) is 1.85. The summed E-state index contributed by atoms with van der Waals surface area (Å²) in [5, 5.41) is 0. The van der Waals surface area contributed by atoms with Gasteiger partial charge in [0.25, 0.3) is 0 Å².